The fraction of sp³-hybridized carbons (Fsp3) is 0.261. The number of ether oxygens (including phenoxy) is 3. The van der Waals surface area contributed by atoms with Gasteiger partial charge >= 0.3 is 0 Å². The molecule has 0 atom stereocenters. The van der Waals surface area contributed by atoms with Crippen LogP contribution in [0.5, 0.6) is 17.2 Å². The van der Waals surface area contributed by atoms with E-state index in [1.807, 2.05) is 36.4 Å². The van der Waals surface area contributed by atoms with Crippen molar-refractivity contribution in [1.29, 1.82) is 0 Å². The van der Waals surface area contributed by atoms with Crippen LogP contribution < -0.4 is 14.2 Å². The summed E-state index contributed by atoms with van der Waals surface area (Å²) in [6.45, 7) is 1.13. The summed E-state index contributed by atoms with van der Waals surface area (Å²) in [5, 5.41) is 0.646. The number of rotatable bonds is 6. The molecular formula is C23H24ClNO4. The zero-order valence-corrected chi connectivity index (χ0v) is 17.5. The van der Waals surface area contributed by atoms with Crippen LogP contribution in [0.25, 0.3) is 11.6 Å². The van der Waals surface area contributed by atoms with Crippen LogP contribution in [0.15, 0.2) is 48.6 Å². The number of nitrogens with zero attached hydrogens (tertiary/aromatic N) is 1. The minimum Gasteiger partial charge on any atom is -0.496 e. The minimum atomic E-state index is -0.0334. The summed E-state index contributed by atoms with van der Waals surface area (Å²) in [5.74, 6) is 2.01. The van der Waals surface area contributed by atoms with Crippen molar-refractivity contribution in [3.8, 4) is 17.2 Å². The largest absolute Gasteiger partial charge is 0.496 e. The first-order chi connectivity index (χ1) is 14.0. The molecule has 1 aliphatic rings. The Labute approximate surface area is 176 Å². The summed E-state index contributed by atoms with van der Waals surface area (Å²) in [5.41, 5.74) is 2.88. The van der Waals surface area contributed by atoms with E-state index in [-0.39, 0.29) is 5.91 Å². The zero-order valence-electron chi connectivity index (χ0n) is 16.8. The van der Waals surface area contributed by atoms with E-state index in [2.05, 4.69) is 0 Å². The van der Waals surface area contributed by atoms with Gasteiger partial charge in [-0.05, 0) is 35.8 Å². The van der Waals surface area contributed by atoms with Crippen molar-refractivity contribution >= 4 is 29.2 Å². The predicted octanol–water partition coefficient (Wildman–Crippen LogP) is 4.69. The van der Waals surface area contributed by atoms with Gasteiger partial charge in [0.05, 0.1) is 26.9 Å². The average Bonchev–Trinajstić information content (AvgIpc) is 2.76. The lowest BCUT2D eigenvalue weighted by molar-refractivity contribution is -0.125. The molecule has 0 saturated carbocycles. The lowest BCUT2D eigenvalue weighted by Gasteiger charge is -2.27. The molecule has 0 bridgehead atoms. The molecule has 29 heavy (non-hydrogen) atoms. The quantitative estimate of drug-likeness (QED) is 0.644. The second-order valence-corrected chi connectivity index (χ2v) is 7.00. The number of benzene rings is 2. The first kappa shape index (κ1) is 20.8. The van der Waals surface area contributed by atoms with Crippen LogP contribution in [0.2, 0.25) is 5.02 Å². The molecule has 0 saturated heterocycles. The third-order valence-corrected chi connectivity index (χ3v) is 5.06. The summed E-state index contributed by atoms with van der Waals surface area (Å²) in [4.78, 5) is 14.3. The van der Waals surface area contributed by atoms with E-state index < -0.39 is 0 Å². The molecule has 1 amide bonds. The predicted molar refractivity (Wildman–Crippen MR) is 116 cm³/mol. The topological polar surface area (TPSA) is 48.0 Å². The van der Waals surface area contributed by atoms with Gasteiger partial charge in [-0.2, -0.15) is 0 Å². The van der Waals surface area contributed by atoms with Gasteiger partial charge in [-0.3, -0.25) is 4.79 Å². The van der Waals surface area contributed by atoms with Crippen molar-refractivity contribution in [3.63, 3.8) is 0 Å². The van der Waals surface area contributed by atoms with Crippen molar-refractivity contribution in [1.82, 2.24) is 4.90 Å². The molecule has 0 unspecified atom stereocenters. The molecule has 2 aromatic rings. The van der Waals surface area contributed by atoms with Crippen LogP contribution in [0.4, 0.5) is 0 Å². The standard InChI is InChI=1S/C23H24ClNO4/c1-27-19-14-20(28-2)23(21(15-19)29-3)17-9-11-25(12-10-17)22(26)8-7-16-5-4-6-18(24)13-16/h4-9,13-15H,10-12H2,1-3H3/b8-7+. The van der Waals surface area contributed by atoms with Crippen molar-refractivity contribution in [2.75, 3.05) is 34.4 Å². The summed E-state index contributed by atoms with van der Waals surface area (Å²) in [6, 6.07) is 11.1. The number of amides is 1. The lowest BCUT2D eigenvalue weighted by atomic mass is 9.97. The Balaban J connectivity index is 1.76. The molecular weight excluding hydrogens is 390 g/mol. The first-order valence-electron chi connectivity index (χ1n) is 9.27. The number of hydrogen-bond donors (Lipinski definition) is 0. The van der Waals surface area contributed by atoms with Crippen LogP contribution in [0.1, 0.15) is 17.5 Å². The maximum absolute atomic E-state index is 12.5. The van der Waals surface area contributed by atoms with Gasteiger partial charge in [0, 0.05) is 36.3 Å². The molecule has 1 heterocycles. The molecule has 0 aromatic heterocycles. The monoisotopic (exact) mass is 413 g/mol. The zero-order chi connectivity index (χ0) is 20.8. The number of hydrogen-bond acceptors (Lipinski definition) is 4. The molecule has 6 heteroatoms. The van der Waals surface area contributed by atoms with Crippen molar-refractivity contribution < 1.29 is 19.0 Å². The smallest absolute Gasteiger partial charge is 0.246 e. The number of carbonyl (C=O) groups is 1. The highest BCUT2D eigenvalue weighted by Gasteiger charge is 2.22. The van der Waals surface area contributed by atoms with Crippen molar-refractivity contribution in [2.24, 2.45) is 0 Å². The minimum absolute atomic E-state index is 0.0334. The molecule has 0 N–H and O–H groups in total. The maximum atomic E-state index is 12.5. The van der Waals surface area contributed by atoms with Crippen LogP contribution >= 0.6 is 11.6 Å². The number of halogens is 1. The highest BCUT2D eigenvalue weighted by atomic mass is 35.5. The average molecular weight is 414 g/mol. The molecule has 0 radical (unpaired) electrons. The molecule has 2 aromatic carbocycles. The fourth-order valence-electron chi connectivity index (χ4n) is 3.30. The van der Waals surface area contributed by atoms with Gasteiger partial charge < -0.3 is 19.1 Å². The Hall–Kier alpha value is -2.92. The van der Waals surface area contributed by atoms with Gasteiger partial charge in [-0.25, -0.2) is 0 Å². The van der Waals surface area contributed by atoms with Crippen molar-refractivity contribution in [3.05, 3.63) is 64.7 Å². The maximum Gasteiger partial charge on any atom is 0.246 e. The summed E-state index contributed by atoms with van der Waals surface area (Å²) < 4.78 is 16.4. The third-order valence-electron chi connectivity index (χ3n) is 4.82. The van der Waals surface area contributed by atoms with Gasteiger partial charge in [0.15, 0.2) is 0 Å². The van der Waals surface area contributed by atoms with E-state index in [0.717, 1.165) is 16.7 Å². The highest BCUT2D eigenvalue weighted by molar-refractivity contribution is 6.30. The summed E-state index contributed by atoms with van der Waals surface area (Å²) in [7, 11) is 4.85. The fourth-order valence-corrected chi connectivity index (χ4v) is 3.50. The van der Waals surface area contributed by atoms with Crippen LogP contribution in [-0.4, -0.2) is 45.2 Å². The summed E-state index contributed by atoms with van der Waals surface area (Å²) in [6.07, 6.45) is 6.11. The Kier molecular flexibility index (Phi) is 6.83. The van der Waals surface area contributed by atoms with Gasteiger partial charge in [0.2, 0.25) is 5.91 Å². The lowest BCUT2D eigenvalue weighted by Crippen LogP contribution is -2.33. The van der Waals surface area contributed by atoms with E-state index in [4.69, 9.17) is 25.8 Å². The van der Waals surface area contributed by atoms with E-state index in [9.17, 15) is 4.79 Å². The molecule has 5 nitrogen and oxygen atoms in total. The summed E-state index contributed by atoms with van der Waals surface area (Å²) >= 11 is 5.99. The van der Waals surface area contributed by atoms with E-state index in [1.54, 1.807) is 44.4 Å². The Morgan fingerprint density at radius 1 is 1.07 bits per heavy atom. The number of methoxy groups -OCH3 is 3. The van der Waals surface area contributed by atoms with E-state index in [0.29, 0.717) is 41.8 Å². The van der Waals surface area contributed by atoms with Gasteiger partial charge in [0.25, 0.3) is 0 Å². The highest BCUT2D eigenvalue weighted by Crippen LogP contribution is 2.40. The molecule has 152 valence electrons. The molecule has 3 rings (SSSR count). The van der Waals surface area contributed by atoms with Gasteiger partial charge in [-0.15, -0.1) is 0 Å². The van der Waals surface area contributed by atoms with E-state index in [1.165, 1.54) is 0 Å². The Morgan fingerprint density at radius 3 is 2.34 bits per heavy atom. The Bertz CT molecular complexity index is 927. The molecule has 0 aliphatic carbocycles. The van der Waals surface area contributed by atoms with Gasteiger partial charge in [0.1, 0.15) is 17.2 Å². The van der Waals surface area contributed by atoms with E-state index >= 15 is 0 Å². The van der Waals surface area contributed by atoms with Crippen LogP contribution in [-0.2, 0) is 4.79 Å². The first-order valence-corrected chi connectivity index (χ1v) is 9.65. The Morgan fingerprint density at radius 2 is 1.79 bits per heavy atom. The normalized spacial score (nSPS) is 13.9. The van der Waals surface area contributed by atoms with Gasteiger partial charge in [-0.1, -0.05) is 29.8 Å². The second kappa shape index (κ2) is 9.52. The third kappa shape index (κ3) is 4.93. The molecule has 0 fully saturated rings. The number of carbonyl (C=O) groups excluding carboxylic acids is 1. The van der Waals surface area contributed by atoms with Crippen LogP contribution in [0.3, 0.4) is 0 Å². The molecule has 0 spiro atoms. The van der Waals surface area contributed by atoms with Crippen molar-refractivity contribution in [2.45, 2.75) is 6.42 Å². The van der Waals surface area contributed by atoms with Crippen LogP contribution in [0, 0.1) is 0 Å². The second-order valence-electron chi connectivity index (χ2n) is 6.56. The molecule has 1 aliphatic heterocycles. The SMILES string of the molecule is COc1cc(OC)c(C2=CCN(C(=O)/C=C/c3cccc(Cl)c3)CC2)c(OC)c1.